The van der Waals surface area contributed by atoms with E-state index in [1.165, 1.54) is 23.3 Å². The third-order valence-electron chi connectivity index (χ3n) is 4.09. The predicted octanol–water partition coefficient (Wildman–Crippen LogP) is 3.32. The zero-order chi connectivity index (χ0) is 18.8. The quantitative estimate of drug-likeness (QED) is 0.840. The van der Waals surface area contributed by atoms with Gasteiger partial charge in [-0.3, -0.25) is 9.59 Å². The van der Waals surface area contributed by atoms with E-state index in [9.17, 15) is 9.59 Å². The largest absolute Gasteiger partial charge is 0.495 e. The van der Waals surface area contributed by atoms with Crippen LogP contribution in [0.4, 0.5) is 10.8 Å². The van der Waals surface area contributed by atoms with E-state index in [0.717, 1.165) is 5.01 Å². The number of halogens is 1. The number of anilines is 2. The van der Waals surface area contributed by atoms with Crippen LogP contribution in [0.5, 0.6) is 5.75 Å². The van der Waals surface area contributed by atoms with Crippen LogP contribution in [0.3, 0.4) is 0 Å². The summed E-state index contributed by atoms with van der Waals surface area (Å²) in [4.78, 5) is 26.5. The summed E-state index contributed by atoms with van der Waals surface area (Å²) in [5, 5.41) is 12.6. The van der Waals surface area contributed by atoms with Gasteiger partial charge in [-0.25, -0.2) is 0 Å². The van der Waals surface area contributed by atoms with Crippen LogP contribution < -0.4 is 15.0 Å². The number of nitrogens with one attached hydrogen (secondary N) is 1. The summed E-state index contributed by atoms with van der Waals surface area (Å²) in [7, 11) is 1.53. The highest BCUT2D eigenvalue weighted by Gasteiger charge is 2.36. The molecule has 1 aromatic heterocycles. The maximum Gasteiger partial charge on any atom is 0.231 e. The van der Waals surface area contributed by atoms with Gasteiger partial charge >= 0.3 is 0 Å². The highest BCUT2D eigenvalue weighted by Crippen LogP contribution is 2.35. The van der Waals surface area contributed by atoms with Crippen molar-refractivity contribution in [1.82, 2.24) is 10.2 Å². The maximum atomic E-state index is 12.5. The van der Waals surface area contributed by atoms with E-state index in [4.69, 9.17) is 16.3 Å². The molecule has 1 atom stereocenters. The van der Waals surface area contributed by atoms with Gasteiger partial charge in [0, 0.05) is 23.9 Å². The fraction of sp³-hybridized carbons (Fsp3) is 0.412. The van der Waals surface area contributed by atoms with Gasteiger partial charge in [0.25, 0.3) is 0 Å². The fourth-order valence-corrected chi connectivity index (χ4v) is 3.63. The molecule has 0 saturated carbocycles. The van der Waals surface area contributed by atoms with E-state index < -0.39 is 5.92 Å². The van der Waals surface area contributed by atoms with Crippen molar-refractivity contribution in [3.05, 3.63) is 28.2 Å². The lowest BCUT2D eigenvalue weighted by Crippen LogP contribution is -2.28. The molecular formula is C17H19ClN4O3S. The average Bonchev–Trinajstić information content (AvgIpc) is 3.21. The van der Waals surface area contributed by atoms with Crippen LogP contribution in [-0.2, 0) is 9.59 Å². The molecule has 1 aromatic carbocycles. The first-order valence-electron chi connectivity index (χ1n) is 8.17. The minimum atomic E-state index is -0.474. The molecule has 0 unspecified atom stereocenters. The molecule has 26 heavy (non-hydrogen) atoms. The Balaban J connectivity index is 1.73. The van der Waals surface area contributed by atoms with Crippen LogP contribution in [0.25, 0.3) is 0 Å². The third kappa shape index (κ3) is 3.81. The Hall–Kier alpha value is -2.19. The molecule has 2 amide bonds. The zero-order valence-electron chi connectivity index (χ0n) is 14.7. The number of rotatable bonds is 5. The minimum Gasteiger partial charge on any atom is -0.495 e. The van der Waals surface area contributed by atoms with Crippen molar-refractivity contribution >= 4 is 45.6 Å². The number of methoxy groups -OCH3 is 1. The van der Waals surface area contributed by atoms with Crippen LogP contribution in [0.1, 0.15) is 31.2 Å². The van der Waals surface area contributed by atoms with Gasteiger partial charge in [0.1, 0.15) is 10.8 Å². The number of carbonyl (C=O) groups excluding carboxylic acids is 2. The Morgan fingerprint density at radius 3 is 2.85 bits per heavy atom. The summed E-state index contributed by atoms with van der Waals surface area (Å²) < 4.78 is 5.31. The molecule has 1 N–H and O–H groups in total. The lowest BCUT2D eigenvalue weighted by Gasteiger charge is -2.19. The van der Waals surface area contributed by atoms with Crippen LogP contribution in [0.15, 0.2) is 18.2 Å². The van der Waals surface area contributed by atoms with Gasteiger partial charge in [-0.1, -0.05) is 36.8 Å². The van der Waals surface area contributed by atoms with Crippen LogP contribution in [0, 0.1) is 5.92 Å². The normalized spacial score (nSPS) is 17.0. The van der Waals surface area contributed by atoms with Crippen LogP contribution in [0.2, 0.25) is 5.02 Å². The molecule has 1 aliphatic rings. The van der Waals surface area contributed by atoms with E-state index in [-0.39, 0.29) is 30.7 Å². The summed E-state index contributed by atoms with van der Waals surface area (Å²) in [5.74, 6) is -0.0803. The predicted molar refractivity (Wildman–Crippen MR) is 101 cm³/mol. The van der Waals surface area contributed by atoms with Crippen molar-refractivity contribution in [2.45, 2.75) is 26.2 Å². The van der Waals surface area contributed by atoms with Crippen molar-refractivity contribution in [3.63, 3.8) is 0 Å². The van der Waals surface area contributed by atoms with Crippen molar-refractivity contribution in [2.24, 2.45) is 5.92 Å². The molecule has 1 fully saturated rings. The van der Waals surface area contributed by atoms with Gasteiger partial charge in [-0.2, -0.15) is 0 Å². The van der Waals surface area contributed by atoms with E-state index in [2.05, 4.69) is 15.5 Å². The molecule has 9 heteroatoms. The van der Waals surface area contributed by atoms with Gasteiger partial charge in [0.15, 0.2) is 0 Å². The number of hydrogen-bond acceptors (Lipinski definition) is 6. The molecule has 1 saturated heterocycles. The highest BCUT2D eigenvalue weighted by molar-refractivity contribution is 7.15. The van der Waals surface area contributed by atoms with E-state index >= 15 is 0 Å². The van der Waals surface area contributed by atoms with E-state index in [1.54, 1.807) is 18.2 Å². The molecule has 0 spiro atoms. The molecule has 2 heterocycles. The van der Waals surface area contributed by atoms with Gasteiger partial charge in [-0.05, 0) is 18.2 Å². The van der Waals surface area contributed by atoms with Gasteiger partial charge in [0.2, 0.25) is 16.9 Å². The number of carbonyl (C=O) groups is 2. The minimum absolute atomic E-state index is 0.122. The second kappa shape index (κ2) is 7.59. The topological polar surface area (TPSA) is 84.4 Å². The van der Waals surface area contributed by atoms with Crippen LogP contribution in [-0.4, -0.2) is 35.7 Å². The van der Waals surface area contributed by atoms with Gasteiger partial charge in [-0.15, -0.1) is 10.2 Å². The van der Waals surface area contributed by atoms with Gasteiger partial charge < -0.3 is 15.0 Å². The molecule has 2 aromatic rings. The standard InChI is InChI=1S/C17H19ClN4O3S/c1-9(2)16-20-21-17(26-16)19-15(24)10-6-14(23)22(8-10)12-7-11(18)4-5-13(12)25-3/h4-5,7,9-10H,6,8H2,1-3H3,(H,19,21,24)/t10-/m1/s1. The summed E-state index contributed by atoms with van der Waals surface area (Å²) in [5.41, 5.74) is 0.568. The number of benzene rings is 1. The Kier molecular flexibility index (Phi) is 5.43. The number of amides is 2. The molecule has 1 aliphatic heterocycles. The SMILES string of the molecule is COc1ccc(Cl)cc1N1C[C@H](C(=O)Nc2nnc(C(C)C)s2)CC1=O. The molecule has 7 nitrogen and oxygen atoms in total. The molecule has 0 aliphatic carbocycles. The second-order valence-corrected chi connectivity index (χ2v) is 7.76. The first kappa shape index (κ1) is 18.6. The monoisotopic (exact) mass is 394 g/mol. The summed E-state index contributed by atoms with van der Waals surface area (Å²) >= 11 is 7.39. The summed E-state index contributed by atoms with van der Waals surface area (Å²) in [6, 6.07) is 5.06. The first-order chi connectivity index (χ1) is 12.4. The smallest absolute Gasteiger partial charge is 0.231 e. The molecule has 3 rings (SSSR count). The summed E-state index contributed by atoms with van der Waals surface area (Å²) in [6.07, 6.45) is 0.122. The van der Waals surface area contributed by atoms with Crippen molar-refractivity contribution in [2.75, 3.05) is 23.9 Å². The highest BCUT2D eigenvalue weighted by atomic mass is 35.5. The van der Waals surface area contributed by atoms with Crippen LogP contribution >= 0.6 is 22.9 Å². The average molecular weight is 395 g/mol. The number of nitrogens with zero attached hydrogens (tertiary/aromatic N) is 3. The van der Waals surface area contributed by atoms with Crippen molar-refractivity contribution in [1.29, 1.82) is 0 Å². The Morgan fingerprint density at radius 1 is 1.42 bits per heavy atom. The Labute approximate surface area is 160 Å². The van der Waals surface area contributed by atoms with Gasteiger partial charge in [0.05, 0.1) is 18.7 Å². The van der Waals surface area contributed by atoms with E-state index in [1.807, 2.05) is 13.8 Å². The molecule has 0 radical (unpaired) electrons. The third-order valence-corrected chi connectivity index (χ3v) is 5.47. The number of ether oxygens (including phenoxy) is 1. The molecular weight excluding hydrogens is 376 g/mol. The van der Waals surface area contributed by atoms with E-state index in [0.29, 0.717) is 21.6 Å². The number of hydrogen-bond donors (Lipinski definition) is 1. The fourth-order valence-electron chi connectivity index (χ4n) is 2.72. The van der Waals surface area contributed by atoms with Crippen molar-refractivity contribution in [3.8, 4) is 5.75 Å². The Bertz CT molecular complexity index is 839. The lowest BCUT2D eigenvalue weighted by molar-refractivity contribution is -0.122. The number of aromatic nitrogens is 2. The zero-order valence-corrected chi connectivity index (χ0v) is 16.2. The second-order valence-electron chi connectivity index (χ2n) is 6.31. The molecule has 0 bridgehead atoms. The maximum absolute atomic E-state index is 12.5. The lowest BCUT2D eigenvalue weighted by atomic mass is 10.1. The summed E-state index contributed by atoms with van der Waals surface area (Å²) in [6.45, 7) is 4.28. The van der Waals surface area contributed by atoms with Crippen molar-refractivity contribution < 1.29 is 14.3 Å². The Morgan fingerprint density at radius 2 is 2.19 bits per heavy atom. The molecule has 138 valence electrons. The first-order valence-corrected chi connectivity index (χ1v) is 9.36.